The molecule has 1 aromatic carbocycles. The summed E-state index contributed by atoms with van der Waals surface area (Å²) < 4.78 is 5.69. The van der Waals surface area contributed by atoms with Gasteiger partial charge in [0.2, 0.25) is 5.91 Å². The first kappa shape index (κ1) is 16.9. The van der Waals surface area contributed by atoms with Gasteiger partial charge in [-0.25, -0.2) is 0 Å². The van der Waals surface area contributed by atoms with Crippen LogP contribution in [0, 0.1) is 0 Å². The second-order valence-electron chi connectivity index (χ2n) is 4.08. The van der Waals surface area contributed by atoms with E-state index in [2.05, 4.69) is 26.6 Å². The number of carbonyl (C=O) groups is 1. The lowest BCUT2D eigenvalue weighted by atomic mass is 10.2. The van der Waals surface area contributed by atoms with E-state index in [0.29, 0.717) is 31.1 Å². The van der Waals surface area contributed by atoms with E-state index in [1.807, 2.05) is 18.2 Å². The fraction of sp³-hybridized carbons (Fsp3) is 0.385. The summed E-state index contributed by atoms with van der Waals surface area (Å²) in [5.74, 6) is -0.00614. The van der Waals surface area contributed by atoms with Crippen LogP contribution in [0.4, 0.5) is 5.69 Å². The van der Waals surface area contributed by atoms with Gasteiger partial charge < -0.3 is 21.1 Å². The van der Waals surface area contributed by atoms with Crippen LogP contribution in [0.2, 0.25) is 0 Å². The number of carbonyl (C=O) groups excluding carboxylic acids is 1. The minimum Gasteiger partial charge on any atom is -0.389 e. The van der Waals surface area contributed by atoms with Crippen LogP contribution >= 0.6 is 28.1 Å². The lowest BCUT2D eigenvalue weighted by molar-refractivity contribution is -0.121. The maximum absolute atomic E-state index is 11.5. The molecule has 0 atom stereocenters. The number of ether oxygens (including phenoxy) is 1. The minimum atomic E-state index is -0.00614. The summed E-state index contributed by atoms with van der Waals surface area (Å²) in [6.07, 6.45) is 0.401. The number of amides is 1. The number of hydrogen-bond acceptors (Lipinski definition) is 4. The van der Waals surface area contributed by atoms with Crippen molar-refractivity contribution in [3.63, 3.8) is 0 Å². The Morgan fingerprint density at radius 2 is 2.20 bits per heavy atom. The topological polar surface area (TPSA) is 76.4 Å². The van der Waals surface area contributed by atoms with Crippen molar-refractivity contribution in [3.05, 3.63) is 28.2 Å². The summed E-state index contributed by atoms with van der Waals surface area (Å²) in [6.45, 7) is 1.60. The van der Waals surface area contributed by atoms with Gasteiger partial charge in [0, 0.05) is 42.3 Å². The Labute approximate surface area is 132 Å². The lowest BCUT2D eigenvalue weighted by Crippen LogP contribution is -2.28. The zero-order valence-corrected chi connectivity index (χ0v) is 13.6. The summed E-state index contributed by atoms with van der Waals surface area (Å²) >= 11 is 8.34. The van der Waals surface area contributed by atoms with Crippen molar-refractivity contribution in [1.29, 1.82) is 0 Å². The third-order valence-corrected chi connectivity index (χ3v) is 3.42. The largest absolute Gasteiger partial charge is 0.389 e. The minimum absolute atomic E-state index is 0.00614. The molecule has 0 aliphatic rings. The van der Waals surface area contributed by atoms with Crippen LogP contribution in [0.15, 0.2) is 22.7 Å². The van der Waals surface area contributed by atoms with Crippen LogP contribution in [0.3, 0.4) is 0 Å². The van der Waals surface area contributed by atoms with E-state index >= 15 is 0 Å². The molecule has 1 rings (SSSR count). The molecule has 7 heteroatoms. The van der Waals surface area contributed by atoms with E-state index < -0.39 is 0 Å². The first-order chi connectivity index (χ1) is 9.54. The summed E-state index contributed by atoms with van der Waals surface area (Å²) in [4.78, 5) is 11.8. The van der Waals surface area contributed by atoms with Crippen molar-refractivity contribution in [3.8, 4) is 0 Å². The highest BCUT2D eigenvalue weighted by atomic mass is 79.9. The van der Waals surface area contributed by atoms with Crippen molar-refractivity contribution >= 4 is 44.7 Å². The number of methoxy groups -OCH3 is 1. The molecule has 0 bridgehead atoms. The molecule has 0 saturated carbocycles. The average Bonchev–Trinajstić information content (AvgIpc) is 2.38. The Kier molecular flexibility index (Phi) is 7.50. The van der Waals surface area contributed by atoms with Gasteiger partial charge in [0.05, 0.1) is 6.61 Å². The number of halogens is 1. The van der Waals surface area contributed by atoms with E-state index in [1.165, 1.54) is 0 Å². The van der Waals surface area contributed by atoms with Crippen molar-refractivity contribution in [2.75, 3.05) is 32.1 Å². The maximum atomic E-state index is 11.5. The van der Waals surface area contributed by atoms with Crippen molar-refractivity contribution < 1.29 is 9.53 Å². The average molecular weight is 360 g/mol. The number of thiocarbonyl (C=S) groups is 1. The second kappa shape index (κ2) is 8.89. The standard InChI is InChI=1S/C13H18BrN3O2S/c1-19-7-6-17-12(18)4-5-16-9-2-3-10(13(15)20)11(14)8-9/h2-3,8,16H,4-7H2,1H3,(H2,15,20)(H,17,18). The molecule has 0 spiro atoms. The highest BCUT2D eigenvalue weighted by Crippen LogP contribution is 2.21. The van der Waals surface area contributed by atoms with E-state index in [-0.39, 0.29) is 5.91 Å². The maximum Gasteiger partial charge on any atom is 0.221 e. The molecule has 0 unspecified atom stereocenters. The smallest absolute Gasteiger partial charge is 0.221 e. The first-order valence-corrected chi connectivity index (χ1v) is 7.33. The number of anilines is 1. The highest BCUT2D eigenvalue weighted by Gasteiger charge is 2.04. The molecule has 20 heavy (non-hydrogen) atoms. The van der Waals surface area contributed by atoms with E-state index in [0.717, 1.165) is 15.7 Å². The zero-order chi connectivity index (χ0) is 15.0. The number of rotatable bonds is 8. The van der Waals surface area contributed by atoms with Gasteiger partial charge in [-0.05, 0) is 34.1 Å². The van der Waals surface area contributed by atoms with E-state index in [1.54, 1.807) is 7.11 Å². The van der Waals surface area contributed by atoms with Crippen LogP contribution in [0.25, 0.3) is 0 Å². The van der Waals surface area contributed by atoms with Crippen LogP contribution in [-0.2, 0) is 9.53 Å². The van der Waals surface area contributed by atoms with Crippen LogP contribution in [-0.4, -0.2) is 37.7 Å². The molecule has 0 aliphatic carbocycles. The number of nitrogens with two attached hydrogens (primary N) is 1. The summed E-state index contributed by atoms with van der Waals surface area (Å²) in [6, 6.07) is 5.60. The molecule has 5 nitrogen and oxygen atoms in total. The zero-order valence-electron chi connectivity index (χ0n) is 11.2. The molecule has 0 saturated heterocycles. The monoisotopic (exact) mass is 359 g/mol. The Bertz CT molecular complexity index is 483. The molecule has 0 heterocycles. The molecule has 1 aromatic rings. The van der Waals surface area contributed by atoms with E-state index in [9.17, 15) is 4.79 Å². The summed E-state index contributed by atoms with van der Waals surface area (Å²) in [5.41, 5.74) is 7.28. The Morgan fingerprint density at radius 1 is 1.45 bits per heavy atom. The quantitative estimate of drug-likeness (QED) is 0.486. The van der Waals surface area contributed by atoms with Crippen LogP contribution in [0.5, 0.6) is 0 Å². The van der Waals surface area contributed by atoms with Crippen molar-refractivity contribution in [1.82, 2.24) is 5.32 Å². The van der Waals surface area contributed by atoms with Gasteiger partial charge >= 0.3 is 0 Å². The number of hydrogen-bond donors (Lipinski definition) is 3. The van der Waals surface area contributed by atoms with Gasteiger partial charge in [-0.15, -0.1) is 0 Å². The highest BCUT2D eigenvalue weighted by molar-refractivity contribution is 9.10. The molecule has 0 radical (unpaired) electrons. The molecule has 0 aliphatic heterocycles. The van der Waals surface area contributed by atoms with Gasteiger partial charge in [0.1, 0.15) is 4.99 Å². The number of benzene rings is 1. The third-order valence-electron chi connectivity index (χ3n) is 2.54. The molecular formula is C13H18BrN3O2S. The van der Waals surface area contributed by atoms with Crippen molar-refractivity contribution in [2.24, 2.45) is 5.73 Å². The fourth-order valence-electron chi connectivity index (χ4n) is 1.53. The Balaban J connectivity index is 2.37. The van der Waals surface area contributed by atoms with Crippen LogP contribution < -0.4 is 16.4 Å². The van der Waals surface area contributed by atoms with E-state index in [4.69, 9.17) is 22.7 Å². The molecule has 0 fully saturated rings. The van der Waals surface area contributed by atoms with Gasteiger partial charge in [-0.3, -0.25) is 4.79 Å². The molecular weight excluding hydrogens is 342 g/mol. The van der Waals surface area contributed by atoms with Gasteiger partial charge in [0.15, 0.2) is 0 Å². The Morgan fingerprint density at radius 3 is 2.80 bits per heavy atom. The SMILES string of the molecule is COCCNC(=O)CCNc1ccc(C(N)=S)c(Br)c1. The Hall–Kier alpha value is -1.18. The summed E-state index contributed by atoms with van der Waals surface area (Å²) in [5, 5.41) is 5.93. The predicted octanol–water partition coefficient (Wildman–Crippen LogP) is 1.65. The second-order valence-corrected chi connectivity index (χ2v) is 5.37. The van der Waals surface area contributed by atoms with Gasteiger partial charge in [-0.2, -0.15) is 0 Å². The summed E-state index contributed by atoms with van der Waals surface area (Å²) in [7, 11) is 1.60. The molecule has 1 amide bonds. The lowest BCUT2D eigenvalue weighted by Gasteiger charge is -2.09. The fourth-order valence-corrected chi connectivity index (χ4v) is 2.43. The number of nitrogens with one attached hydrogen (secondary N) is 2. The first-order valence-electron chi connectivity index (χ1n) is 6.13. The predicted molar refractivity (Wildman–Crippen MR) is 88.0 cm³/mol. The van der Waals surface area contributed by atoms with Crippen LogP contribution in [0.1, 0.15) is 12.0 Å². The normalized spacial score (nSPS) is 10.1. The third kappa shape index (κ3) is 5.85. The molecule has 4 N–H and O–H groups in total. The molecule has 0 aromatic heterocycles. The molecule has 110 valence electrons. The van der Waals surface area contributed by atoms with Crippen molar-refractivity contribution in [2.45, 2.75) is 6.42 Å². The van der Waals surface area contributed by atoms with Gasteiger partial charge in [-0.1, -0.05) is 12.2 Å². The van der Waals surface area contributed by atoms with Gasteiger partial charge in [0.25, 0.3) is 0 Å².